The number of rotatable bonds is 1. The fraction of sp³-hybridized carbons (Fsp3) is 0.900. The molecule has 1 nitrogen and oxygen atoms in total. The van der Waals surface area contributed by atoms with Gasteiger partial charge >= 0.3 is 0 Å². The molecule has 1 N–H and O–H groups in total. The summed E-state index contributed by atoms with van der Waals surface area (Å²) in [7, 11) is 0. The number of hydrogen-bond donors (Lipinski definition) is 1. The van der Waals surface area contributed by atoms with Crippen molar-refractivity contribution in [2.24, 2.45) is 34.0 Å². The highest BCUT2D eigenvalue weighted by Gasteiger charge is 2.65. The van der Waals surface area contributed by atoms with Crippen LogP contribution in [0.3, 0.4) is 0 Å². The van der Waals surface area contributed by atoms with Gasteiger partial charge in [-0.15, -0.1) is 0 Å². The van der Waals surface area contributed by atoms with Gasteiger partial charge in [0.1, 0.15) is 0 Å². The Morgan fingerprint density at radius 1 is 1.14 bits per heavy atom. The summed E-state index contributed by atoms with van der Waals surface area (Å²) in [6.07, 6.45) is 13.7. The minimum absolute atomic E-state index is 0.182. The van der Waals surface area contributed by atoms with Crippen molar-refractivity contribution in [2.45, 2.75) is 72.1 Å². The highest BCUT2D eigenvalue weighted by Crippen LogP contribution is 2.73. The summed E-state index contributed by atoms with van der Waals surface area (Å²) in [5, 5.41) is 10.1. The van der Waals surface area contributed by atoms with Crippen LogP contribution in [-0.4, -0.2) is 11.7 Å². The fourth-order valence-corrected chi connectivity index (χ4v) is 7.49. The Morgan fingerprint density at radius 2 is 1.95 bits per heavy atom. The standard InChI is InChI=1S/C20H32O/c1-14-11-16-5-6-17-18(2,13-21)8-4-9-19(17,3)20(16)10-7-15(14)12-20/h11,15-17,21H,4-10,12-13H2,1-3H3/t15-,16+,17+,18+,19+,20-/m1/s1. The first kappa shape index (κ1) is 14.3. The van der Waals surface area contributed by atoms with Gasteiger partial charge < -0.3 is 5.11 Å². The normalized spacial score (nSPS) is 55.6. The second-order valence-corrected chi connectivity index (χ2v) is 9.33. The summed E-state index contributed by atoms with van der Waals surface area (Å²) in [6.45, 7) is 7.77. The van der Waals surface area contributed by atoms with Crippen LogP contribution in [0.1, 0.15) is 72.1 Å². The van der Waals surface area contributed by atoms with Crippen molar-refractivity contribution in [1.29, 1.82) is 0 Å². The molecular formula is C20H32O. The van der Waals surface area contributed by atoms with E-state index < -0.39 is 0 Å². The van der Waals surface area contributed by atoms with Gasteiger partial charge in [-0.05, 0) is 85.9 Å². The monoisotopic (exact) mass is 288 g/mol. The van der Waals surface area contributed by atoms with Crippen LogP contribution in [0.4, 0.5) is 0 Å². The Kier molecular flexibility index (Phi) is 2.98. The molecule has 0 aromatic rings. The van der Waals surface area contributed by atoms with E-state index in [1.54, 1.807) is 5.57 Å². The van der Waals surface area contributed by atoms with Crippen molar-refractivity contribution in [1.82, 2.24) is 0 Å². The highest BCUT2D eigenvalue weighted by atomic mass is 16.3. The van der Waals surface area contributed by atoms with Gasteiger partial charge in [0.25, 0.3) is 0 Å². The van der Waals surface area contributed by atoms with Gasteiger partial charge in [-0.2, -0.15) is 0 Å². The van der Waals surface area contributed by atoms with E-state index in [1.165, 1.54) is 51.4 Å². The average molecular weight is 288 g/mol. The summed E-state index contributed by atoms with van der Waals surface area (Å²) in [4.78, 5) is 0. The Labute approximate surface area is 130 Å². The van der Waals surface area contributed by atoms with Gasteiger partial charge in [0.05, 0.1) is 0 Å². The average Bonchev–Trinajstić information content (AvgIpc) is 2.85. The number of aliphatic hydroxyl groups is 1. The third-order valence-corrected chi connectivity index (χ3v) is 8.69. The lowest BCUT2D eigenvalue weighted by atomic mass is 9.39. The number of hydrogen-bond acceptors (Lipinski definition) is 1. The zero-order valence-electron chi connectivity index (χ0n) is 14.1. The molecule has 1 spiro atoms. The van der Waals surface area contributed by atoms with Crippen LogP contribution in [0, 0.1) is 34.0 Å². The third kappa shape index (κ3) is 1.62. The molecule has 118 valence electrons. The molecule has 4 aliphatic rings. The van der Waals surface area contributed by atoms with Crippen LogP contribution >= 0.6 is 0 Å². The molecule has 0 aromatic heterocycles. The van der Waals surface area contributed by atoms with Gasteiger partial charge in [0.15, 0.2) is 0 Å². The maximum Gasteiger partial charge on any atom is 0.0487 e. The Morgan fingerprint density at radius 3 is 2.71 bits per heavy atom. The van der Waals surface area contributed by atoms with Gasteiger partial charge in [-0.1, -0.05) is 31.9 Å². The number of fused-ring (bicyclic) bond motifs is 2. The zero-order valence-corrected chi connectivity index (χ0v) is 14.1. The third-order valence-electron chi connectivity index (χ3n) is 8.69. The van der Waals surface area contributed by atoms with E-state index in [9.17, 15) is 5.11 Å². The lowest BCUT2D eigenvalue weighted by Gasteiger charge is -2.65. The van der Waals surface area contributed by atoms with Gasteiger partial charge in [-0.3, -0.25) is 0 Å². The van der Waals surface area contributed by atoms with Crippen molar-refractivity contribution in [2.75, 3.05) is 6.61 Å². The molecule has 0 amide bonds. The van der Waals surface area contributed by atoms with E-state index in [1.807, 2.05) is 0 Å². The minimum atomic E-state index is 0.182. The lowest BCUT2D eigenvalue weighted by molar-refractivity contribution is -0.165. The first-order chi connectivity index (χ1) is 9.95. The van der Waals surface area contributed by atoms with Crippen LogP contribution in [-0.2, 0) is 0 Å². The summed E-state index contributed by atoms with van der Waals surface area (Å²) in [5.41, 5.74) is 2.91. The summed E-state index contributed by atoms with van der Waals surface area (Å²) >= 11 is 0. The van der Waals surface area contributed by atoms with Crippen LogP contribution in [0.2, 0.25) is 0 Å². The van der Waals surface area contributed by atoms with E-state index >= 15 is 0 Å². The van der Waals surface area contributed by atoms with Crippen molar-refractivity contribution < 1.29 is 5.11 Å². The molecule has 1 heteroatoms. The minimum Gasteiger partial charge on any atom is -0.396 e. The molecule has 4 aliphatic carbocycles. The maximum atomic E-state index is 10.1. The van der Waals surface area contributed by atoms with Gasteiger partial charge in [0, 0.05) is 6.61 Å². The fourth-order valence-electron chi connectivity index (χ4n) is 7.49. The van der Waals surface area contributed by atoms with E-state index in [4.69, 9.17) is 0 Å². The summed E-state index contributed by atoms with van der Waals surface area (Å²) in [6, 6.07) is 0. The molecule has 0 heterocycles. The van der Waals surface area contributed by atoms with Crippen molar-refractivity contribution in [3.05, 3.63) is 11.6 Å². The smallest absolute Gasteiger partial charge is 0.0487 e. The highest BCUT2D eigenvalue weighted by molar-refractivity contribution is 5.25. The first-order valence-electron chi connectivity index (χ1n) is 9.24. The van der Waals surface area contributed by atoms with Crippen LogP contribution in [0.25, 0.3) is 0 Å². The molecule has 3 fully saturated rings. The van der Waals surface area contributed by atoms with Gasteiger partial charge in [-0.25, -0.2) is 0 Å². The molecular weight excluding hydrogens is 256 g/mol. The van der Waals surface area contributed by atoms with E-state index in [0.29, 0.717) is 17.4 Å². The van der Waals surface area contributed by atoms with Crippen molar-refractivity contribution in [3.8, 4) is 0 Å². The van der Waals surface area contributed by atoms with E-state index in [2.05, 4.69) is 26.8 Å². The molecule has 21 heavy (non-hydrogen) atoms. The molecule has 0 saturated heterocycles. The van der Waals surface area contributed by atoms with Crippen molar-refractivity contribution in [3.63, 3.8) is 0 Å². The second-order valence-electron chi connectivity index (χ2n) is 9.33. The van der Waals surface area contributed by atoms with Crippen molar-refractivity contribution >= 4 is 0 Å². The maximum absolute atomic E-state index is 10.1. The molecule has 0 aromatic carbocycles. The topological polar surface area (TPSA) is 20.2 Å². The summed E-state index contributed by atoms with van der Waals surface area (Å²) < 4.78 is 0. The van der Waals surface area contributed by atoms with E-state index in [0.717, 1.165) is 17.8 Å². The Balaban J connectivity index is 1.80. The SMILES string of the molecule is CC1=C[C@@H]2CC[C@H]3[C@](C)(CO)CCC[C@]3(C)[C@@]23CC[C@@H]1C3. The predicted octanol–water partition coefficient (Wildman–Crippen LogP) is 4.95. The van der Waals surface area contributed by atoms with Gasteiger partial charge in [0.2, 0.25) is 0 Å². The van der Waals surface area contributed by atoms with E-state index in [-0.39, 0.29) is 5.41 Å². The largest absolute Gasteiger partial charge is 0.396 e. The predicted molar refractivity (Wildman–Crippen MR) is 86.9 cm³/mol. The molecule has 3 saturated carbocycles. The quantitative estimate of drug-likeness (QED) is 0.677. The van der Waals surface area contributed by atoms with Crippen LogP contribution < -0.4 is 0 Å². The lowest BCUT2D eigenvalue weighted by Crippen LogP contribution is -2.59. The molecule has 0 radical (unpaired) electrons. The number of allylic oxidation sites excluding steroid dienone is 2. The molecule has 0 unspecified atom stereocenters. The second kappa shape index (κ2) is 4.37. The summed E-state index contributed by atoms with van der Waals surface area (Å²) in [5.74, 6) is 2.45. The van der Waals surface area contributed by atoms with Crippen LogP contribution in [0.15, 0.2) is 11.6 Å². The van der Waals surface area contributed by atoms with Crippen LogP contribution in [0.5, 0.6) is 0 Å². The first-order valence-corrected chi connectivity index (χ1v) is 9.24. The Bertz CT molecular complexity index is 480. The molecule has 6 atom stereocenters. The molecule has 2 bridgehead atoms. The zero-order chi connectivity index (χ0) is 14.9. The molecule has 4 rings (SSSR count). The Hall–Kier alpha value is -0.300. The number of aliphatic hydroxyl groups excluding tert-OH is 1. The molecule has 0 aliphatic heterocycles.